The van der Waals surface area contributed by atoms with Crippen LogP contribution in [0.15, 0.2) is 35.5 Å². The molecule has 0 unspecified atom stereocenters. The summed E-state index contributed by atoms with van der Waals surface area (Å²) in [4.78, 5) is 47.8. The second-order valence-corrected chi connectivity index (χ2v) is 6.60. The predicted octanol–water partition coefficient (Wildman–Crippen LogP) is 1.85. The van der Waals surface area contributed by atoms with Gasteiger partial charge < -0.3 is 10.1 Å². The first kappa shape index (κ1) is 17.8. The Balaban J connectivity index is 2.09. The average molecular weight is 358 g/mol. The van der Waals surface area contributed by atoms with Crippen molar-refractivity contribution in [3.63, 3.8) is 0 Å². The number of esters is 1. The third-order valence-corrected chi connectivity index (χ3v) is 4.93. The Bertz CT molecular complexity index is 844. The van der Waals surface area contributed by atoms with Gasteiger partial charge in [-0.3, -0.25) is 24.5 Å². The summed E-state index contributed by atoms with van der Waals surface area (Å²) in [6.07, 6.45) is 0.353. The van der Waals surface area contributed by atoms with Crippen molar-refractivity contribution >= 4 is 23.3 Å². The Morgan fingerprint density at radius 2 is 2.04 bits per heavy atom. The molecule has 3 rings (SSSR count). The molecule has 8 nitrogen and oxygen atoms in total. The maximum absolute atomic E-state index is 13.0. The number of hydrogen-bond donors (Lipinski definition) is 1. The van der Waals surface area contributed by atoms with Crippen molar-refractivity contribution in [2.75, 3.05) is 7.11 Å². The van der Waals surface area contributed by atoms with Crippen LogP contribution in [-0.2, 0) is 19.1 Å². The minimum atomic E-state index is -0.935. The van der Waals surface area contributed by atoms with Crippen LogP contribution in [0.1, 0.15) is 31.2 Å². The van der Waals surface area contributed by atoms with Gasteiger partial charge in [0.1, 0.15) is 5.92 Å². The van der Waals surface area contributed by atoms with Crippen LogP contribution >= 0.6 is 0 Å². The molecule has 1 heterocycles. The topological polar surface area (TPSA) is 116 Å². The van der Waals surface area contributed by atoms with Gasteiger partial charge in [-0.15, -0.1) is 0 Å². The van der Waals surface area contributed by atoms with Crippen LogP contribution in [0, 0.1) is 22.0 Å². The summed E-state index contributed by atoms with van der Waals surface area (Å²) < 4.78 is 4.76. The number of amides is 1. The number of allylic oxidation sites excluding steroid dienone is 2. The fourth-order valence-electron chi connectivity index (χ4n) is 3.74. The van der Waals surface area contributed by atoms with Gasteiger partial charge in [0.05, 0.1) is 12.0 Å². The number of benzene rings is 1. The molecule has 1 aliphatic carbocycles. The molecule has 26 heavy (non-hydrogen) atoms. The first-order valence-corrected chi connectivity index (χ1v) is 8.22. The van der Waals surface area contributed by atoms with Crippen molar-refractivity contribution in [3.05, 3.63) is 51.2 Å². The van der Waals surface area contributed by atoms with Crippen molar-refractivity contribution < 1.29 is 24.0 Å². The van der Waals surface area contributed by atoms with Crippen LogP contribution in [0.4, 0.5) is 5.69 Å². The highest BCUT2D eigenvalue weighted by atomic mass is 16.6. The zero-order chi connectivity index (χ0) is 19.0. The van der Waals surface area contributed by atoms with E-state index in [1.165, 1.54) is 25.3 Å². The summed E-state index contributed by atoms with van der Waals surface area (Å²) in [5.41, 5.74) is 1.24. The van der Waals surface area contributed by atoms with E-state index in [0.29, 0.717) is 23.3 Å². The number of ketones is 1. The molecule has 0 aromatic heterocycles. The zero-order valence-electron chi connectivity index (χ0n) is 14.4. The number of Topliss-reactive ketones (excluding diaryl/α,β-unsaturated/α-hetero) is 1. The van der Waals surface area contributed by atoms with E-state index in [0.717, 1.165) is 0 Å². The number of non-ortho nitro benzene ring substituents is 1. The summed E-state index contributed by atoms with van der Waals surface area (Å²) in [5, 5.41) is 13.8. The van der Waals surface area contributed by atoms with Gasteiger partial charge in [0.15, 0.2) is 5.78 Å². The predicted molar refractivity (Wildman–Crippen MR) is 89.9 cm³/mol. The summed E-state index contributed by atoms with van der Waals surface area (Å²) in [5.74, 6) is -3.11. The van der Waals surface area contributed by atoms with Gasteiger partial charge in [0.25, 0.3) is 5.69 Å². The number of methoxy groups -OCH3 is 1. The molecule has 0 saturated carbocycles. The van der Waals surface area contributed by atoms with E-state index in [2.05, 4.69) is 5.32 Å². The minimum Gasteiger partial charge on any atom is -0.468 e. The first-order chi connectivity index (χ1) is 12.3. The molecule has 0 fully saturated rings. The fourth-order valence-corrected chi connectivity index (χ4v) is 3.74. The molecule has 136 valence electrons. The van der Waals surface area contributed by atoms with Crippen molar-refractivity contribution in [3.8, 4) is 0 Å². The zero-order valence-corrected chi connectivity index (χ0v) is 14.4. The Morgan fingerprint density at radius 1 is 1.31 bits per heavy atom. The number of carbonyl (C=O) groups excluding carboxylic acids is 3. The Hall–Kier alpha value is -3.03. The van der Waals surface area contributed by atoms with Gasteiger partial charge in [-0.05, 0) is 17.9 Å². The second-order valence-electron chi connectivity index (χ2n) is 6.60. The van der Waals surface area contributed by atoms with E-state index >= 15 is 0 Å². The van der Waals surface area contributed by atoms with Gasteiger partial charge in [-0.25, -0.2) is 0 Å². The van der Waals surface area contributed by atoms with Crippen molar-refractivity contribution in [1.29, 1.82) is 0 Å². The second kappa shape index (κ2) is 6.70. The average Bonchev–Trinajstić information content (AvgIpc) is 2.60. The monoisotopic (exact) mass is 358 g/mol. The molecule has 0 saturated heterocycles. The molecule has 0 spiro atoms. The standard InChI is InChI=1S/C18H18N2O6/c1-9-6-13-16(17(22)15(9)18(23)26-2)12(8-14(21)19-13)10-4-3-5-11(7-10)20(24)25/h3-5,7,9,12,15H,6,8H2,1-2H3,(H,19,21)/t9-,12-,15-/m1/s1. The lowest BCUT2D eigenvalue weighted by molar-refractivity contribution is -0.384. The maximum atomic E-state index is 13.0. The van der Waals surface area contributed by atoms with Crippen LogP contribution in [0.3, 0.4) is 0 Å². The third kappa shape index (κ3) is 2.98. The van der Waals surface area contributed by atoms with Crippen LogP contribution in [0.25, 0.3) is 0 Å². The molecule has 1 amide bonds. The summed E-state index contributed by atoms with van der Waals surface area (Å²) in [6, 6.07) is 5.89. The molecule has 8 heteroatoms. The quantitative estimate of drug-likeness (QED) is 0.381. The molecule has 1 aromatic carbocycles. The van der Waals surface area contributed by atoms with Crippen LogP contribution in [0.2, 0.25) is 0 Å². The Morgan fingerprint density at radius 3 is 2.69 bits per heavy atom. The molecule has 1 aliphatic heterocycles. The smallest absolute Gasteiger partial charge is 0.316 e. The molecule has 1 aromatic rings. The lowest BCUT2D eigenvalue weighted by Gasteiger charge is -2.36. The molecule has 2 aliphatic rings. The van der Waals surface area contributed by atoms with E-state index in [9.17, 15) is 24.5 Å². The minimum absolute atomic E-state index is 0.00594. The van der Waals surface area contributed by atoms with Crippen molar-refractivity contribution in [2.24, 2.45) is 11.8 Å². The van der Waals surface area contributed by atoms with Gasteiger partial charge in [0.2, 0.25) is 5.91 Å². The van der Waals surface area contributed by atoms with E-state index in [4.69, 9.17) is 4.74 Å². The SMILES string of the molecule is COC(=O)[C@H]1C(=O)C2=C(C[C@H]1C)NC(=O)C[C@@H]2c1cccc([N+](=O)[O-])c1. The Labute approximate surface area is 149 Å². The summed E-state index contributed by atoms with van der Waals surface area (Å²) in [6.45, 7) is 1.76. The largest absolute Gasteiger partial charge is 0.468 e. The number of carbonyl (C=O) groups is 3. The van der Waals surface area contributed by atoms with E-state index in [1.54, 1.807) is 13.0 Å². The van der Waals surface area contributed by atoms with Crippen LogP contribution in [0.5, 0.6) is 0 Å². The lowest BCUT2D eigenvalue weighted by atomic mass is 9.70. The molecular formula is C18H18N2O6. The highest BCUT2D eigenvalue weighted by Gasteiger charge is 2.45. The molecule has 1 N–H and O–H groups in total. The number of hydrogen-bond acceptors (Lipinski definition) is 6. The highest BCUT2D eigenvalue weighted by Crippen LogP contribution is 2.42. The van der Waals surface area contributed by atoms with Crippen molar-refractivity contribution in [2.45, 2.75) is 25.7 Å². The lowest BCUT2D eigenvalue weighted by Crippen LogP contribution is -2.44. The number of ether oxygens (including phenoxy) is 1. The summed E-state index contributed by atoms with van der Waals surface area (Å²) >= 11 is 0. The highest BCUT2D eigenvalue weighted by molar-refractivity contribution is 6.11. The van der Waals surface area contributed by atoms with E-state index < -0.39 is 22.7 Å². The maximum Gasteiger partial charge on any atom is 0.316 e. The number of nitrogens with zero attached hydrogens (tertiary/aromatic N) is 1. The van der Waals surface area contributed by atoms with Gasteiger partial charge >= 0.3 is 5.97 Å². The van der Waals surface area contributed by atoms with Crippen molar-refractivity contribution in [1.82, 2.24) is 5.32 Å². The fraction of sp³-hybridized carbons (Fsp3) is 0.389. The van der Waals surface area contributed by atoms with E-state index in [1.807, 2.05) is 0 Å². The normalized spacial score (nSPS) is 25.4. The number of nitro benzene ring substituents is 1. The molecule has 3 atom stereocenters. The van der Waals surface area contributed by atoms with E-state index in [-0.39, 0.29) is 29.7 Å². The number of nitrogens with one attached hydrogen (secondary N) is 1. The third-order valence-electron chi connectivity index (χ3n) is 4.93. The molecule has 0 radical (unpaired) electrons. The van der Waals surface area contributed by atoms with Crippen LogP contribution in [-0.4, -0.2) is 29.7 Å². The number of rotatable bonds is 3. The van der Waals surface area contributed by atoms with Crippen LogP contribution < -0.4 is 5.32 Å². The number of nitro groups is 1. The molecular weight excluding hydrogens is 340 g/mol. The van der Waals surface area contributed by atoms with Gasteiger partial charge in [-0.2, -0.15) is 0 Å². The van der Waals surface area contributed by atoms with Gasteiger partial charge in [-0.1, -0.05) is 19.1 Å². The Kier molecular flexibility index (Phi) is 4.58. The summed E-state index contributed by atoms with van der Waals surface area (Å²) in [7, 11) is 1.23. The van der Waals surface area contributed by atoms with Gasteiger partial charge in [0, 0.05) is 35.7 Å². The molecule has 0 bridgehead atoms. The first-order valence-electron chi connectivity index (χ1n) is 8.22.